The van der Waals surface area contributed by atoms with Crippen LogP contribution in [0.3, 0.4) is 0 Å². The summed E-state index contributed by atoms with van der Waals surface area (Å²) in [7, 11) is 0. The first-order valence-electron chi connectivity index (χ1n) is 9.76. The van der Waals surface area contributed by atoms with Gasteiger partial charge in [0.25, 0.3) is 0 Å². The van der Waals surface area contributed by atoms with Crippen LogP contribution >= 0.6 is 11.3 Å². The van der Waals surface area contributed by atoms with Crippen molar-refractivity contribution in [2.75, 3.05) is 25.0 Å². The van der Waals surface area contributed by atoms with Gasteiger partial charge in [-0.3, -0.25) is 4.79 Å². The first kappa shape index (κ1) is 18.7. The van der Waals surface area contributed by atoms with Gasteiger partial charge in [-0.1, -0.05) is 13.8 Å². The minimum atomic E-state index is -0.189. The Balaban J connectivity index is 1.33. The molecule has 3 aliphatic rings. The van der Waals surface area contributed by atoms with E-state index in [1.54, 1.807) is 4.90 Å². The molecule has 0 aromatic carbocycles. The lowest BCUT2D eigenvalue weighted by molar-refractivity contribution is -0.121. The maximum atomic E-state index is 12.8. The molecule has 3 amide bonds. The Morgan fingerprint density at radius 1 is 1.37 bits per heavy atom. The maximum Gasteiger partial charge on any atom is 0.317 e. The van der Waals surface area contributed by atoms with Crippen molar-refractivity contribution in [2.45, 2.75) is 52.2 Å². The quantitative estimate of drug-likeness (QED) is 0.828. The SMILES string of the molecule is Cc1csc(NC(=O)[C@@H]2CCCN(C(=O)N[C@@H]3[C@@H]4CCO[C@H]4C3(C)C)C2)n1. The van der Waals surface area contributed by atoms with Crippen molar-refractivity contribution in [1.29, 1.82) is 0 Å². The highest BCUT2D eigenvalue weighted by molar-refractivity contribution is 7.13. The van der Waals surface area contributed by atoms with Gasteiger partial charge in [-0.05, 0) is 26.2 Å². The molecule has 148 valence electrons. The molecule has 1 saturated carbocycles. The predicted octanol–water partition coefficient (Wildman–Crippen LogP) is 2.63. The number of carbonyl (C=O) groups is 2. The van der Waals surface area contributed by atoms with E-state index < -0.39 is 0 Å². The number of anilines is 1. The van der Waals surface area contributed by atoms with Crippen LogP contribution in [-0.2, 0) is 9.53 Å². The zero-order chi connectivity index (χ0) is 19.2. The summed E-state index contributed by atoms with van der Waals surface area (Å²) in [5.41, 5.74) is 0.865. The third-order valence-corrected chi connectivity index (χ3v) is 7.18. The number of hydrogen-bond donors (Lipinski definition) is 2. The van der Waals surface area contributed by atoms with E-state index in [1.165, 1.54) is 11.3 Å². The highest BCUT2D eigenvalue weighted by Crippen LogP contribution is 2.52. The molecule has 4 rings (SSSR count). The van der Waals surface area contributed by atoms with Crippen LogP contribution in [0.25, 0.3) is 0 Å². The number of ether oxygens (including phenoxy) is 1. The van der Waals surface area contributed by atoms with Gasteiger partial charge in [-0.2, -0.15) is 0 Å². The lowest BCUT2D eigenvalue weighted by Crippen LogP contribution is -2.68. The van der Waals surface area contributed by atoms with Crippen molar-refractivity contribution in [3.8, 4) is 0 Å². The largest absolute Gasteiger partial charge is 0.377 e. The number of fused-ring (bicyclic) bond motifs is 1. The summed E-state index contributed by atoms with van der Waals surface area (Å²) in [5, 5.41) is 8.66. The van der Waals surface area contributed by atoms with Gasteiger partial charge in [0.15, 0.2) is 5.13 Å². The Labute approximate surface area is 163 Å². The van der Waals surface area contributed by atoms with E-state index in [1.807, 2.05) is 12.3 Å². The molecule has 4 atom stereocenters. The fraction of sp³-hybridized carbons (Fsp3) is 0.737. The molecule has 2 saturated heterocycles. The van der Waals surface area contributed by atoms with E-state index in [4.69, 9.17) is 4.74 Å². The van der Waals surface area contributed by atoms with Gasteiger partial charge in [-0.15, -0.1) is 11.3 Å². The molecule has 3 heterocycles. The summed E-state index contributed by atoms with van der Waals surface area (Å²) in [5.74, 6) is 0.182. The molecule has 2 N–H and O–H groups in total. The third kappa shape index (κ3) is 3.45. The van der Waals surface area contributed by atoms with E-state index in [2.05, 4.69) is 29.5 Å². The van der Waals surface area contributed by atoms with E-state index in [0.717, 1.165) is 31.6 Å². The number of likely N-dealkylation sites (tertiary alicyclic amines) is 1. The molecule has 1 aromatic heterocycles. The summed E-state index contributed by atoms with van der Waals surface area (Å²) >= 11 is 1.43. The number of nitrogens with zero attached hydrogens (tertiary/aromatic N) is 2. The highest BCUT2D eigenvalue weighted by atomic mass is 32.1. The predicted molar refractivity (Wildman–Crippen MR) is 104 cm³/mol. The molecule has 0 bridgehead atoms. The van der Waals surface area contributed by atoms with Gasteiger partial charge in [-0.25, -0.2) is 9.78 Å². The zero-order valence-corrected chi connectivity index (χ0v) is 17.0. The zero-order valence-electron chi connectivity index (χ0n) is 16.2. The highest BCUT2D eigenvalue weighted by Gasteiger charge is 2.60. The molecule has 3 fully saturated rings. The minimum Gasteiger partial charge on any atom is -0.377 e. The van der Waals surface area contributed by atoms with Crippen LogP contribution in [0.4, 0.5) is 9.93 Å². The molecule has 8 heteroatoms. The van der Waals surface area contributed by atoms with E-state index in [-0.39, 0.29) is 35.4 Å². The maximum absolute atomic E-state index is 12.8. The molecule has 1 aliphatic carbocycles. The lowest BCUT2D eigenvalue weighted by atomic mass is 9.57. The van der Waals surface area contributed by atoms with Crippen LogP contribution in [-0.4, -0.2) is 53.7 Å². The monoisotopic (exact) mass is 392 g/mol. The molecule has 1 aromatic rings. The van der Waals surface area contributed by atoms with Gasteiger partial charge in [0, 0.05) is 42.5 Å². The minimum absolute atomic E-state index is 0.0356. The number of carbonyl (C=O) groups excluding carboxylic acids is 2. The summed E-state index contributed by atoms with van der Waals surface area (Å²) in [6.45, 7) is 8.16. The number of aromatic nitrogens is 1. The van der Waals surface area contributed by atoms with Crippen molar-refractivity contribution in [1.82, 2.24) is 15.2 Å². The number of urea groups is 1. The normalized spacial score (nSPS) is 31.7. The summed E-state index contributed by atoms with van der Waals surface area (Å²) in [6, 6.07) is 0.0889. The average Bonchev–Trinajstić information content (AvgIpc) is 3.27. The van der Waals surface area contributed by atoms with Gasteiger partial charge >= 0.3 is 6.03 Å². The van der Waals surface area contributed by atoms with Gasteiger partial charge in [0.2, 0.25) is 5.91 Å². The van der Waals surface area contributed by atoms with Crippen LogP contribution in [0.5, 0.6) is 0 Å². The van der Waals surface area contributed by atoms with Crippen molar-refractivity contribution in [2.24, 2.45) is 17.3 Å². The van der Waals surface area contributed by atoms with Crippen LogP contribution in [0.2, 0.25) is 0 Å². The van der Waals surface area contributed by atoms with Crippen molar-refractivity contribution in [3.05, 3.63) is 11.1 Å². The number of thiazole rings is 1. The molecule has 0 spiro atoms. The van der Waals surface area contributed by atoms with Crippen molar-refractivity contribution >= 4 is 28.4 Å². The topological polar surface area (TPSA) is 83.6 Å². The van der Waals surface area contributed by atoms with Crippen LogP contribution in [0.1, 0.15) is 38.8 Å². The van der Waals surface area contributed by atoms with Crippen LogP contribution in [0, 0.1) is 24.2 Å². The summed E-state index contributed by atoms with van der Waals surface area (Å²) in [4.78, 5) is 31.5. The third-order valence-electron chi connectivity index (χ3n) is 6.31. The second-order valence-electron chi connectivity index (χ2n) is 8.56. The van der Waals surface area contributed by atoms with E-state index in [0.29, 0.717) is 24.1 Å². The van der Waals surface area contributed by atoms with Crippen LogP contribution in [0.15, 0.2) is 5.38 Å². The fourth-order valence-electron chi connectivity index (χ4n) is 4.84. The van der Waals surface area contributed by atoms with Gasteiger partial charge < -0.3 is 20.3 Å². The number of piperidine rings is 1. The molecule has 2 aliphatic heterocycles. The number of aryl methyl sites for hydroxylation is 1. The number of nitrogens with one attached hydrogen (secondary N) is 2. The molecule has 0 radical (unpaired) electrons. The average molecular weight is 393 g/mol. The Kier molecular flexibility index (Phi) is 4.88. The number of amides is 3. The lowest BCUT2D eigenvalue weighted by Gasteiger charge is -2.55. The molecule has 27 heavy (non-hydrogen) atoms. The van der Waals surface area contributed by atoms with Gasteiger partial charge in [0.05, 0.1) is 17.7 Å². The second-order valence-corrected chi connectivity index (χ2v) is 9.42. The number of rotatable bonds is 3. The fourth-order valence-corrected chi connectivity index (χ4v) is 5.53. The first-order valence-corrected chi connectivity index (χ1v) is 10.6. The van der Waals surface area contributed by atoms with Crippen molar-refractivity contribution < 1.29 is 14.3 Å². The van der Waals surface area contributed by atoms with E-state index in [9.17, 15) is 9.59 Å². The Morgan fingerprint density at radius 3 is 2.93 bits per heavy atom. The van der Waals surface area contributed by atoms with E-state index >= 15 is 0 Å². The Morgan fingerprint density at radius 2 is 2.19 bits per heavy atom. The molecular formula is C19H28N4O3S. The Hall–Kier alpha value is -1.67. The first-order chi connectivity index (χ1) is 12.9. The van der Waals surface area contributed by atoms with Crippen LogP contribution < -0.4 is 10.6 Å². The van der Waals surface area contributed by atoms with Crippen molar-refractivity contribution in [3.63, 3.8) is 0 Å². The standard InChI is InChI=1S/C19H28N4O3S/c1-11-10-27-17(20-11)22-16(24)12-5-4-7-23(9-12)18(25)21-14-13-6-8-26-15(13)19(14,2)3/h10,12-15H,4-9H2,1-3H3,(H,21,25)(H,20,22,24)/t12-,13+,14-,15-/m1/s1. The second kappa shape index (κ2) is 7.05. The summed E-state index contributed by atoms with van der Waals surface area (Å²) in [6.07, 6.45) is 2.90. The molecular weight excluding hydrogens is 364 g/mol. The molecule has 0 unspecified atom stereocenters. The smallest absolute Gasteiger partial charge is 0.317 e. The number of hydrogen-bond acceptors (Lipinski definition) is 5. The summed E-state index contributed by atoms with van der Waals surface area (Å²) < 4.78 is 5.81. The molecule has 7 nitrogen and oxygen atoms in total. The Bertz CT molecular complexity index is 734. The van der Waals surface area contributed by atoms with Gasteiger partial charge in [0.1, 0.15) is 0 Å².